The summed E-state index contributed by atoms with van der Waals surface area (Å²) in [7, 11) is 0. The van der Waals surface area contributed by atoms with Crippen molar-refractivity contribution in [1.29, 1.82) is 0 Å². The van der Waals surface area contributed by atoms with Crippen LogP contribution in [0, 0.1) is 0 Å². The lowest BCUT2D eigenvalue weighted by molar-refractivity contribution is -0.0499. The molecule has 0 saturated heterocycles. The molecular formula is C15H11BrF2N2O3. The van der Waals surface area contributed by atoms with Crippen LogP contribution in [0.5, 0.6) is 11.5 Å². The first-order valence-electron chi connectivity index (χ1n) is 6.32. The highest BCUT2D eigenvalue weighted by Gasteiger charge is 2.09. The minimum Gasteiger partial charge on any atom is -0.508 e. The molecule has 0 aliphatic carbocycles. The van der Waals surface area contributed by atoms with Crippen molar-refractivity contribution in [3.05, 3.63) is 58.1 Å². The van der Waals surface area contributed by atoms with E-state index in [0.29, 0.717) is 10.0 Å². The van der Waals surface area contributed by atoms with Crippen LogP contribution in [0.1, 0.15) is 15.9 Å². The summed E-state index contributed by atoms with van der Waals surface area (Å²) in [5, 5.41) is 12.9. The van der Waals surface area contributed by atoms with Gasteiger partial charge in [0.1, 0.15) is 11.5 Å². The number of hydrogen-bond acceptors (Lipinski definition) is 4. The summed E-state index contributed by atoms with van der Waals surface area (Å²) in [5.41, 5.74) is 2.82. The van der Waals surface area contributed by atoms with Gasteiger partial charge in [-0.05, 0) is 42.5 Å². The van der Waals surface area contributed by atoms with Gasteiger partial charge in [-0.25, -0.2) is 5.43 Å². The highest BCUT2D eigenvalue weighted by atomic mass is 79.9. The fourth-order valence-electron chi connectivity index (χ4n) is 1.66. The van der Waals surface area contributed by atoms with E-state index in [1.165, 1.54) is 42.6 Å². The number of hydrazone groups is 1. The second-order valence-electron chi connectivity index (χ2n) is 4.31. The summed E-state index contributed by atoms with van der Waals surface area (Å²) in [6.07, 6.45) is 1.20. The van der Waals surface area contributed by atoms with Crippen molar-refractivity contribution in [3.63, 3.8) is 0 Å². The Kier molecular flexibility index (Phi) is 5.64. The lowest BCUT2D eigenvalue weighted by Crippen LogP contribution is -2.17. The second kappa shape index (κ2) is 7.68. The highest BCUT2D eigenvalue weighted by Crippen LogP contribution is 2.23. The Morgan fingerprint density at radius 3 is 2.61 bits per heavy atom. The van der Waals surface area contributed by atoms with E-state index in [4.69, 9.17) is 5.11 Å². The average Bonchev–Trinajstić information content (AvgIpc) is 2.50. The molecule has 2 aromatic carbocycles. The number of phenols is 1. The van der Waals surface area contributed by atoms with Gasteiger partial charge in [-0.2, -0.15) is 13.9 Å². The number of alkyl halides is 2. The van der Waals surface area contributed by atoms with Crippen molar-refractivity contribution >= 4 is 28.1 Å². The Hall–Kier alpha value is -2.48. The average molecular weight is 385 g/mol. The van der Waals surface area contributed by atoms with Crippen LogP contribution in [-0.2, 0) is 0 Å². The van der Waals surface area contributed by atoms with Gasteiger partial charge in [-0.1, -0.05) is 15.9 Å². The largest absolute Gasteiger partial charge is 0.508 e. The van der Waals surface area contributed by atoms with Crippen molar-refractivity contribution < 1.29 is 23.4 Å². The molecule has 8 heteroatoms. The van der Waals surface area contributed by atoms with E-state index in [1.807, 2.05) is 0 Å². The quantitative estimate of drug-likeness (QED) is 0.611. The number of ether oxygens (including phenoxy) is 1. The van der Waals surface area contributed by atoms with Crippen LogP contribution in [0.25, 0.3) is 0 Å². The number of nitrogens with zero attached hydrogens (tertiary/aromatic N) is 1. The Balaban J connectivity index is 2.09. The summed E-state index contributed by atoms with van der Waals surface area (Å²) >= 11 is 3.21. The van der Waals surface area contributed by atoms with E-state index in [9.17, 15) is 13.6 Å². The number of carbonyl (C=O) groups excluding carboxylic acids is 1. The molecule has 2 N–H and O–H groups in total. The van der Waals surface area contributed by atoms with E-state index in [-0.39, 0.29) is 17.1 Å². The lowest BCUT2D eigenvalue weighted by atomic mass is 10.2. The maximum absolute atomic E-state index is 12.3. The molecule has 0 fully saturated rings. The van der Waals surface area contributed by atoms with Gasteiger partial charge >= 0.3 is 6.61 Å². The first kappa shape index (κ1) is 16.9. The molecule has 5 nitrogen and oxygen atoms in total. The van der Waals surface area contributed by atoms with Gasteiger partial charge < -0.3 is 9.84 Å². The van der Waals surface area contributed by atoms with Gasteiger partial charge in [0.15, 0.2) is 0 Å². The van der Waals surface area contributed by atoms with Gasteiger partial charge in [-0.3, -0.25) is 4.79 Å². The smallest absolute Gasteiger partial charge is 0.387 e. The van der Waals surface area contributed by atoms with Gasteiger partial charge in [-0.15, -0.1) is 0 Å². The molecule has 0 aromatic heterocycles. The van der Waals surface area contributed by atoms with Gasteiger partial charge in [0.25, 0.3) is 5.91 Å². The molecule has 0 aliphatic heterocycles. The molecule has 0 aliphatic rings. The molecule has 2 aromatic rings. The Bertz CT molecular complexity index is 721. The molecular weight excluding hydrogens is 374 g/mol. The van der Waals surface area contributed by atoms with Crippen LogP contribution in [-0.4, -0.2) is 23.8 Å². The molecule has 0 saturated carbocycles. The first-order valence-corrected chi connectivity index (χ1v) is 7.12. The third-order valence-corrected chi connectivity index (χ3v) is 3.18. The monoisotopic (exact) mass is 384 g/mol. The van der Waals surface area contributed by atoms with Crippen molar-refractivity contribution in [2.24, 2.45) is 5.10 Å². The Morgan fingerprint density at radius 1 is 1.26 bits per heavy atom. The molecule has 0 spiro atoms. The number of halogens is 3. The van der Waals surface area contributed by atoms with Crippen LogP contribution >= 0.6 is 15.9 Å². The molecule has 0 atom stereocenters. The number of phenolic OH excluding ortho intramolecular Hbond substituents is 1. The normalized spacial score (nSPS) is 11.0. The number of benzene rings is 2. The Labute approximate surface area is 138 Å². The molecule has 1 amide bonds. The van der Waals surface area contributed by atoms with Gasteiger partial charge in [0.05, 0.1) is 6.21 Å². The second-order valence-corrected chi connectivity index (χ2v) is 5.22. The molecule has 0 bridgehead atoms. The molecule has 0 unspecified atom stereocenters. The number of carbonyl (C=O) groups is 1. The number of aromatic hydroxyl groups is 1. The molecule has 23 heavy (non-hydrogen) atoms. The zero-order valence-corrected chi connectivity index (χ0v) is 13.1. The molecule has 120 valence electrons. The van der Waals surface area contributed by atoms with Crippen LogP contribution in [0.2, 0.25) is 0 Å². The zero-order valence-electron chi connectivity index (χ0n) is 11.5. The maximum atomic E-state index is 12.3. The maximum Gasteiger partial charge on any atom is 0.387 e. The van der Waals surface area contributed by atoms with Crippen molar-refractivity contribution in [3.8, 4) is 11.5 Å². The summed E-state index contributed by atoms with van der Waals surface area (Å²) in [5.74, 6) is -0.536. The predicted molar refractivity (Wildman–Crippen MR) is 83.9 cm³/mol. The minimum absolute atomic E-state index is 0.0352. The van der Waals surface area contributed by atoms with E-state index < -0.39 is 12.5 Å². The van der Waals surface area contributed by atoms with Crippen LogP contribution in [0.3, 0.4) is 0 Å². The molecule has 0 heterocycles. The number of amides is 1. The van der Waals surface area contributed by atoms with Crippen molar-refractivity contribution in [2.75, 3.05) is 0 Å². The van der Waals surface area contributed by atoms with Crippen molar-refractivity contribution in [1.82, 2.24) is 5.43 Å². The van der Waals surface area contributed by atoms with Crippen LogP contribution in [0.4, 0.5) is 8.78 Å². The van der Waals surface area contributed by atoms with Crippen LogP contribution < -0.4 is 10.2 Å². The van der Waals surface area contributed by atoms with E-state index in [0.717, 1.165) is 0 Å². The zero-order chi connectivity index (χ0) is 16.8. The van der Waals surface area contributed by atoms with E-state index in [2.05, 4.69) is 31.2 Å². The molecule has 2 rings (SSSR count). The fraction of sp³-hybridized carbons (Fsp3) is 0.0667. The van der Waals surface area contributed by atoms with E-state index >= 15 is 0 Å². The summed E-state index contributed by atoms with van der Waals surface area (Å²) < 4.78 is 29.7. The molecule has 0 radical (unpaired) electrons. The third-order valence-electron chi connectivity index (χ3n) is 2.69. The standard InChI is InChI=1S/C15H11BrF2N2O3/c16-11-3-6-13(23-15(17)18)10(7-11)8-19-20-14(22)9-1-4-12(21)5-2-9/h1-8,15,21H,(H,20,22)/b19-8-. The number of hydrogen-bond donors (Lipinski definition) is 2. The Morgan fingerprint density at radius 2 is 1.96 bits per heavy atom. The van der Waals surface area contributed by atoms with Crippen molar-refractivity contribution in [2.45, 2.75) is 6.61 Å². The SMILES string of the molecule is O=C(N/N=C\c1cc(Br)ccc1OC(F)F)c1ccc(O)cc1. The summed E-state index contributed by atoms with van der Waals surface area (Å²) in [6, 6.07) is 10.00. The van der Waals surface area contributed by atoms with E-state index in [1.54, 1.807) is 6.07 Å². The number of nitrogens with one attached hydrogen (secondary N) is 1. The topological polar surface area (TPSA) is 70.9 Å². The minimum atomic E-state index is -2.96. The lowest BCUT2D eigenvalue weighted by Gasteiger charge is -2.08. The van der Waals surface area contributed by atoms with Crippen LogP contribution in [0.15, 0.2) is 52.0 Å². The summed E-state index contributed by atoms with van der Waals surface area (Å²) in [6.45, 7) is -2.96. The highest BCUT2D eigenvalue weighted by molar-refractivity contribution is 9.10. The first-order chi connectivity index (χ1) is 11.0. The van der Waals surface area contributed by atoms with Gasteiger partial charge in [0.2, 0.25) is 0 Å². The predicted octanol–water partition coefficient (Wildman–Crippen LogP) is 3.52. The number of rotatable bonds is 5. The third kappa shape index (κ3) is 5.03. The summed E-state index contributed by atoms with van der Waals surface area (Å²) in [4.78, 5) is 11.8. The fourth-order valence-corrected chi connectivity index (χ4v) is 2.04. The van der Waals surface area contributed by atoms with Gasteiger partial charge in [0, 0.05) is 15.6 Å².